The molecule has 1 aromatic heterocycles. The summed E-state index contributed by atoms with van der Waals surface area (Å²) in [4.78, 5) is 17.6. The molecule has 1 amide bonds. The van der Waals surface area contributed by atoms with E-state index < -0.39 is 30.1 Å². The topological polar surface area (TPSA) is 90.0 Å². The Morgan fingerprint density at radius 3 is 2.61 bits per heavy atom. The van der Waals surface area contributed by atoms with Crippen molar-refractivity contribution in [3.63, 3.8) is 0 Å². The van der Waals surface area contributed by atoms with Crippen LogP contribution in [0.25, 0.3) is 0 Å². The SMILES string of the molecule is NC(=O)[C@@H]1C[C@@H](O)[C@H](O)[C@@H]2[C@@H]1N(CC1CCCCC1)C(=S)N2Cc1cccs1. The Hall–Kier alpha value is -1.22. The van der Waals surface area contributed by atoms with Crippen molar-refractivity contribution in [2.45, 2.75) is 69.4 Å². The second-order valence-electron chi connectivity index (χ2n) is 8.43. The summed E-state index contributed by atoms with van der Waals surface area (Å²) in [5.74, 6) is -0.389. The average molecular weight is 424 g/mol. The smallest absolute Gasteiger partial charge is 0.222 e. The number of carbonyl (C=O) groups excluding carboxylic acids is 1. The Labute approximate surface area is 175 Å². The number of aliphatic hydroxyl groups is 2. The van der Waals surface area contributed by atoms with Crippen LogP contribution in [0.3, 0.4) is 0 Å². The highest BCUT2D eigenvalue weighted by atomic mass is 32.1. The molecule has 154 valence electrons. The average Bonchev–Trinajstić information content (AvgIpc) is 3.28. The van der Waals surface area contributed by atoms with Gasteiger partial charge < -0.3 is 25.7 Å². The van der Waals surface area contributed by atoms with E-state index in [1.54, 1.807) is 11.3 Å². The molecule has 0 radical (unpaired) electrons. The minimum Gasteiger partial charge on any atom is -0.390 e. The zero-order valence-electron chi connectivity index (χ0n) is 15.9. The lowest BCUT2D eigenvalue weighted by atomic mass is 9.76. The Morgan fingerprint density at radius 2 is 1.96 bits per heavy atom. The number of fused-ring (bicyclic) bond motifs is 1. The van der Waals surface area contributed by atoms with Gasteiger partial charge in [-0.25, -0.2) is 0 Å². The van der Waals surface area contributed by atoms with E-state index in [9.17, 15) is 15.0 Å². The molecule has 0 aromatic carbocycles. The number of rotatable bonds is 5. The van der Waals surface area contributed by atoms with Crippen LogP contribution >= 0.6 is 23.6 Å². The van der Waals surface area contributed by atoms with Gasteiger partial charge in [-0.2, -0.15) is 0 Å². The van der Waals surface area contributed by atoms with Crippen molar-refractivity contribution in [1.29, 1.82) is 0 Å². The third-order valence-corrected chi connectivity index (χ3v) is 7.99. The number of nitrogens with zero attached hydrogens (tertiary/aromatic N) is 2. The lowest BCUT2D eigenvalue weighted by Gasteiger charge is -2.43. The standard InChI is InChI=1S/C20H29N3O3S2/c21-19(26)14-9-15(24)18(25)17-16(14)22(10-12-5-2-1-3-6-12)20(27)23(17)11-13-7-4-8-28-13/h4,7-8,12,14-18,24-25H,1-3,5-6,9-11H2,(H2,21,26)/t14-,15-,16-,17+,18+/m1/s1. The summed E-state index contributed by atoms with van der Waals surface area (Å²) >= 11 is 7.50. The van der Waals surface area contributed by atoms with Crippen molar-refractivity contribution < 1.29 is 15.0 Å². The molecule has 0 spiro atoms. The molecule has 0 unspecified atom stereocenters. The summed E-state index contributed by atoms with van der Waals surface area (Å²) in [6.45, 7) is 1.38. The van der Waals surface area contributed by atoms with Crippen LogP contribution in [0.4, 0.5) is 0 Å². The van der Waals surface area contributed by atoms with Crippen LogP contribution < -0.4 is 5.73 Å². The monoisotopic (exact) mass is 423 g/mol. The number of thiocarbonyl (C=S) groups is 1. The van der Waals surface area contributed by atoms with E-state index >= 15 is 0 Å². The first-order valence-corrected chi connectivity index (χ1v) is 11.5. The van der Waals surface area contributed by atoms with Crippen molar-refractivity contribution in [1.82, 2.24) is 9.80 Å². The summed E-state index contributed by atoms with van der Waals surface area (Å²) in [5.41, 5.74) is 5.74. The van der Waals surface area contributed by atoms with Crippen LogP contribution in [-0.4, -0.2) is 61.9 Å². The first kappa shape index (κ1) is 20.1. The molecular formula is C20H29N3O3S2. The second kappa shape index (κ2) is 8.26. The highest BCUT2D eigenvalue weighted by molar-refractivity contribution is 7.80. The fourth-order valence-electron chi connectivity index (χ4n) is 5.27. The van der Waals surface area contributed by atoms with Crippen molar-refractivity contribution in [2.75, 3.05) is 6.54 Å². The molecule has 0 bridgehead atoms. The minimum atomic E-state index is -0.970. The first-order valence-electron chi connectivity index (χ1n) is 10.2. The fourth-order valence-corrected chi connectivity index (χ4v) is 6.36. The van der Waals surface area contributed by atoms with E-state index in [0.717, 1.165) is 11.4 Å². The van der Waals surface area contributed by atoms with Gasteiger partial charge in [0.15, 0.2) is 5.11 Å². The summed E-state index contributed by atoms with van der Waals surface area (Å²) in [7, 11) is 0. The molecule has 2 saturated carbocycles. The predicted octanol–water partition coefficient (Wildman–Crippen LogP) is 1.70. The molecule has 3 aliphatic rings. The van der Waals surface area contributed by atoms with E-state index in [2.05, 4.69) is 4.90 Å². The molecule has 4 rings (SSSR count). The van der Waals surface area contributed by atoms with E-state index in [0.29, 0.717) is 17.6 Å². The maximum Gasteiger partial charge on any atom is 0.222 e. The minimum absolute atomic E-state index is 0.189. The molecule has 6 nitrogen and oxygen atoms in total. The van der Waals surface area contributed by atoms with Gasteiger partial charge in [0.1, 0.15) is 6.10 Å². The van der Waals surface area contributed by atoms with Gasteiger partial charge in [-0.3, -0.25) is 4.79 Å². The van der Waals surface area contributed by atoms with Crippen molar-refractivity contribution >= 4 is 34.6 Å². The number of carbonyl (C=O) groups is 1. The summed E-state index contributed by atoms with van der Waals surface area (Å²) < 4.78 is 0. The van der Waals surface area contributed by atoms with Gasteiger partial charge in [-0.05, 0) is 48.8 Å². The van der Waals surface area contributed by atoms with Crippen LogP contribution in [0.1, 0.15) is 43.4 Å². The van der Waals surface area contributed by atoms with Crippen LogP contribution in [0, 0.1) is 11.8 Å². The number of hydrogen-bond donors (Lipinski definition) is 3. The Morgan fingerprint density at radius 1 is 1.21 bits per heavy atom. The zero-order chi connectivity index (χ0) is 19.8. The van der Waals surface area contributed by atoms with Crippen LogP contribution in [0.2, 0.25) is 0 Å². The zero-order valence-corrected chi connectivity index (χ0v) is 17.6. The van der Waals surface area contributed by atoms with Crippen molar-refractivity contribution in [2.24, 2.45) is 17.6 Å². The van der Waals surface area contributed by atoms with Gasteiger partial charge in [0.05, 0.1) is 30.7 Å². The van der Waals surface area contributed by atoms with Crippen LogP contribution in [-0.2, 0) is 11.3 Å². The lowest BCUT2D eigenvalue weighted by Crippen LogP contribution is -2.61. The third-order valence-electron chi connectivity index (χ3n) is 6.66. The molecule has 4 N–H and O–H groups in total. The Bertz CT molecular complexity index is 708. The quantitative estimate of drug-likeness (QED) is 0.625. The third kappa shape index (κ3) is 3.67. The van der Waals surface area contributed by atoms with Gasteiger partial charge in [-0.1, -0.05) is 25.3 Å². The maximum absolute atomic E-state index is 12.3. The number of hydrogen-bond acceptors (Lipinski definition) is 5. The van der Waals surface area contributed by atoms with Crippen LogP contribution in [0.5, 0.6) is 0 Å². The fraction of sp³-hybridized carbons (Fsp3) is 0.700. The van der Waals surface area contributed by atoms with Gasteiger partial charge in [0, 0.05) is 11.4 Å². The van der Waals surface area contributed by atoms with E-state index in [1.807, 2.05) is 22.4 Å². The summed E-state index contributed by atoms with van der Waals surface area (Å²) in [6, 6.07) is 3.35. The number of amides is 1. The molecule has 3 fully saturated rings. The second-order valence-corrected chi connectivity index (χ2v) is 9.83. The lowest BCUT2D eigenvalue weighted by molar-refractivity contribution is -0.133. The molecule has 5 atom stereocenters. The summed E-state index contributed by atoms with van der Waals surface area (Å²) in [6.07, 6.45) is 4.37. The Kier molecular flexibility index (Phi) is 5.92. The number of thiophene rings is 1. The van der Waals surface area contributed by atoms with E-state index in [4.69, 9.17) is 18.0 Å². The molecular weight excluding hydrogens is 394 g/mol. The van der Waals surface area contributed by atoms with Crippen molar-refractivity contribution in [3.8, 4) is 0 Å². The first-order chi connectivity index (χ1) is 13.5. The number of primary amides is 1. The largest absolute Gasteiger partial charge is 0.390 e. The van der Waals surface area contributed by atoms with E-state index in [1.165, 1.54) is 32.1 Å². The molecule has 2 heterocycles. The highest BCUT2D eigenvalue weighted by Crippen LogP contribution is 2.40. The maximum atomic E-state index is 12.3. The van der Waals surface area contributed by atoms with Crippen molar-refractivity contribution in [3.05, 3.63) is 22.4 Å². The highest BCUT2D eigenvalue weighted by Gasteiger charge is 2.56. The molecule has 8 heteroatoms. The van der Waals surface area contributed by atoms with Gasteiger partial charge in [0.2, 0.25) is 5.91 Å². The summed E-state index contributed by atoms with van der Waals surface area (Å²) in [5, 5.41) is 24.0. The number of nitrogens with two attached hydrogens (primary N) is 1. The van der Waals surface area contributed by atoms with Gasteiger partial charge in [0.25, 0.3) is 0 Å². The van der Waals surface area contributed by atoms with E-state index in [-0.39, 0.29) is 12.5 Å². The predicted molar refractivity (Wildman–Crippen MR) is 113 cm³/mol. The molecule has 1 aliphatic heterocycles. The van der Waals surface area contributed by atoms with Crippen LogP contribution in [0.15, 0.2) is 17.5 Å². The molecule has 1 saturated heterocycles. The Balaban J connectivity index is 1.66. The molecule has 1 aromatic rings. The van der Waals surface area contributed by atoms with Gasteiger partial charge in [-0.15, -0.1) is 11.3 Å². The number of aliphatic hydroxyl groups excluding tert-OH is 2. The van der Waals surface area contributed by atoms with Gasteiger partial charge >= 0.3 is 0 Å². The normalized spacial score (nSPS) is 33.9. The molecule has 2 aliphatic carbocycles. The molecule has 28 heavy (non-hydrogen) atoms.